The fraction of sp³-hybridized carbons (Fsp3) is 0.925. The molecule has 7 N–H and O–H groups in total. The number of hydrogen-bond acceptors (Lipinski definition) is 9. The topological polar surface area (TPSA) is 177 Å². The predicted octanol–water partition coefficient (Wildman–Crippen LogP) is 4.42. The van der Waals surface area contributed by atoms with Gasteiger partial charge < -0.3 is 45.2 Å². The van der Waals surface area contributed by atoms with E-state index in [0.717, 1.165) is 44.9 Å². The minimum absolute atomic E-state index is 0.0334. The van der Waals surface area contributed by atoms with Crippen LogP contribution in [-0.4, -0.2) is 98.3 Å². The molecule has 5 fully saturated rings. The molecule has 4 saturated carbocycles. The zero-order valence-electron chi connectivity index (χ0n) is 31.3. The standard InChI is InChI=1S/C40H66O10/c1-7-8-9-10-23-17-40(34(47)48)16-15-35(2,21-41)18-25(40)24-11-12-29-36(3)19-26(43)32(50-33-31(46)30(45)27(44)20-49-33)37(4,22-42)28(36)13-14-38(29,5)39(23,24)6/h11,23,25-33,41-46H,7-10,12-22H2,1-6H3,(H,47,48). The maximum atomic E-state index is 13.4. The number of carboxylic acids is 1. The maximum absolute atomic E-state index is 13.4. The Morgan fingerprint density at radius 1 is 0.900 bits per heavy atom. The van der Waals surface area contributed by atoms with Crippen molar-refractivity contribution in [3.05, 3.63) is 11.6 Å². The number of fused-ring (bicyclic) bond motifs is 7. The highest BCUT2D eigenvalue weighted by Crippen LogP contribution is 2.77. The van der Waals surface area contributed by atoms with E-state index in [9.17, 15) is 40.5 Å². The molecule has 16 atom stereocenters. The second-order valence-electron chi connectivity index (χ2n) is 19.0. The summed E-state index contributed by atoms with van der Waals surface area (Å²) in [4.78, 5) is 13.4. The number of hydrogen-bond donors (Lipinski definition) is 7. The van der Waals surface area contributed by atoms with E-state index in [2.05, 4.69) is 40.7 Å². The molecule has 10 nitrogen and oxygen atoms in total. The molecule has 0 aromatic carbocycles. The zero-order valence-corrected chi connectivity index (χ0v) is 31.3. The molecule has 6 rings (SSSR count). The second kappa shape index (κ2) is 13.3. The molecule has 6 aliphatic rings. The van der Waals surface area contributed by atoms with Gasteiger partial charge in [0.15, 0.2) is 6.29 Å². The Bertz CT molecular complexity index is 1310. The van der Waals surface area contributed by atoms with Crippen molar-refractivity contribution in [2.75, 3.05) is 19.8 Å². The SMILES string of the molecule is CCCCCC1CC2(C(=O)O)CCC(C)(CO)CC2C2=CCC3C4(C)CC(O)C(OC5OCC(O)C(O)C5O)C(C)(CO)C4CCC3(C)C21C. The average molecular weight is 707 g/mol. The highest BCUT2D eigenvalue weighted by Gasteiger charge is 2.73. The normalized spacial score (nSPS) is 53.3. The van der Waals surface area contributed by atoms with E-state index in [1.807, 2.05) is 6.92 Å². The highest BCUT2D eigenvalue weighted by molar-refractivity contribution is 5.77. The Balaban J connectivity index is 1.40. The van der Waals surface area contributed by atoms with Gasteiger partial charge >= 0.3 is 5.97 Å². The molecule has 1 aliphatic heterocycles. The molecule has 0 amide bonds. The van der Waals surface area contributed by atoms with Gasteiger partial charge in [0, 0.05) is 12.0 Å². The van der Waals surface area contributed by atoms with Crippen LogP contribution in [0.5, 0.6) is 0 Å². The van der Waals surface area contributed by atoms with Crippen molar-refractivity contribution in [2.45, 2.75) is 155 Å². The zero-order chi connectivity index (χ0) is 36.7. The number of aliphatic hydroxyl groups excluding tert-OH is 6. The van der Waals surface area contributed by atoms with Gasteiger partial charge in [-0.3, -0.25) is 4.79 Å². The molecule has 286 valence electrons. The van der Waals surface area contributed by atoms with Gasteiger partial charge in [-0.1, -0.05) is 72.5 Å². The lowest BCUT2D eigenvalue weighted by molar-refractivity contribution is -0.328. The lowest BCUT2D eigenvalue weighted by atomic mass is 9.31. The maximum Gasteiger partial charge on any atom is 0.310 e. The highest BCUT2D eigenvalue weighted by atomic mass is 16.7. The van der Waals surface area contributed by atoms with Crippen molar-refractivity contribution in [3.63, 3.8) is 0 Å². The van der Waals surface area contributed by atoms with Crippen LogP contribution in [0.2, 0.25) is 0 Å². The van der Waals surface area contributed by atoms with E-state index in [-0.39, 0.29) is 59.7 Å². The van der Waals surface area contributed by atoms with Crippen LogP contribution in [-0.2, 0) is 14.3 Å². The van der Waals surface area contributed by atoms with Gasteiger partial charge in [-0.2, -0.15) is 0 Å². The smallest absolute Gasteiger partial charge is 0.310 e. The van der Waals surface area contributed by atoms with Gasteiger partial charge in [0.05, 0.1) is 30.8 Å². The Labute approximate surface area is 298 Å². The van der Waals surface area contributed by atoms with Crippen LogP contribution < -0.4 is 0 Å². The summed E-state index contributed by atoms with van der Waals surface area (Å²) in [5, 5.41) is 75.7. The first-order valence-electron chi connectivity index (χ1n) is 19.6. The monoisotopic (exact) mass is 706 g/mol. The largest absolute Gasteiger partial charge is 0.481 e. The number of rotatable bonds is 9. The van der Waals surface area contributed by atoms with Gasteiger partial charge in [0.1, 0.15) is 18.3 Å². The number of aliphatic hydroxyl groups is 6. The summed E-state index contributed by atoms with van der Waals surface area (Å²) in [6.07, 6.45) is 4.79. The Morgan fingerprint density at radius 3 is 2.26 bits per heavy atom. The summed E-state index contributed by atoms with van der Waals surface area (Å²) in [6, 6.07) is 0. The van der Waals surface area contributed by atoms with Crippen LogP contribution in [0.3, 0.4) is 0 Å². The third kappa shape index (κ3) is 5.43. The first-order valence-corrected chi connectivity index (χ1v) is 19.6. The van der Waals surface area contributed by atoms with Gasteiger partial charge in [0.25, 0.3) is 0 Å². The van der Waals surface area contributed by atoms with E-state index in [1.165, 1.54) is 5.57 Å². The van der Waals surface area contributed by atoms with Crippen molar-refractivity contribution in [1.82, 2.24) is 0 Å². The molecule has 0 aromatic heterocycles. The van der Waals surface area contributed by atoms with Crippen LogP contribution in [0.4, 0.5) is 0 Å². The molecule has 10 heteroatoms. The lowest BCUT2D eigenvalue weighted by Crippen LogP contribution is -2.70. The second-order valence-corrected chi connectivity index (χ2v) is 19.0. The lowest BCUT2D eigenvalue weighted by Gasteiger charge is -2.73. The summed E-state index contributed by atoms with van der Waals surface area (Å²) in [6.45, 7) is 13.0. The first-order chi connectivity index (χ1) is 23.4. The summed E-state index contributed by atoms with van der Waals surface area (Å²) in [5.74, 6) is -0.539. The van der Waals surface area contributed by atoms with Crippen LogP contribution >= 0.6 is 0 Å². The van der Waals surface area contributed by atoms with E-state index < -0.39 is 59.0 Å². The fourth-order valence-corrected chi connectivity index (χ4v) is 13.4. The third-order valence-electron chi connectivity index (χ3n) is 16.5. The van der Waals surface area contributed by atoms with Crippen LogP contribution in [0.15, 0.2) is 11.6 Å². The van der Waals surface area contributed by atoms with Crippen LogP contribution in [0.1, 0.15) is 119 Å². The molecule has 1 heterocycles. The molecular formula is C40H66O10. The third-order valence-corrected chi connectivity index (χ3v) is 16.5. The summed E-state index contributed by atoms with van der Waals surface area (Å²) in [5.41, 5.74) is -1.63. The van der Waals surface area contributed by atoms with Crippen molar-refractivity contribution in [3.8, 4) is 0 Å². The molecule has 0 radical (unpaired) electrons. The Hall–Kier alpha value is -1.11. The molecule has 5 aliphatic carbocycles. The quantitative estimate of drug-likeness (QED) is 0.103. The first kappa shape index (κ1) is 38.6. The number of allylic oxidation sites excluding steroid dienone is 2. The van der Waals surface area contributed by atoms with E-state index in [0.29, 0.717) is 32.1 Å². The molecule has 50 heavy (non-hydrogen) atoms. The Morgan fingerprint density at radius 2 is 1.62 bits per heavy atom. The van der Waals surface area contributed by atoms with Gasteiger partial charge in [-0.05, 0) is 103 Å². The number of carbonyl (C=O) groups is 1. The van der Waals surface area contributed by atoms with Crippen LogP contribution in [0.25, 0.3) is 0 Å². The Kier molecular flexibility index (Phi) is 10.3. The predicted molar refractivity (Wildman–Crippen MR) is 187 cm³/mol. The number of carboxylic acid groups (broad SMARTS) is 1. The number of ether oxygens (including phenoxy) is 2. The molecule has 1 saturated heterocycles. The van der Waals surface area contributed by atoms with E-state index in [4.69, 9.17) is 9.47 Å². The molecule has 16 unspecified atom stereocenters. The molecule has 0 aromatic rings. The van der Waals surface area contributed by atoms with Gasteiger partial charge in [-0.15, -0.1) is 0 Å². The van der Waals surface area contributed by atoms with Gasteiger partial charge in [0.2, 0.25) is 0 Å². The average Bonchev–Trinajstić information content (AvgIpc) is 3.07. The minimum atomic E-state index is -1.50. The minimum Gasteiger partial charge on any atom is -0.481 e. The van der Waals surface area contributed by atoms with Gasteiger partial charge in [-0.25, -0.2) is 0 Å². The van der Waals surface area contributed by atoms with Crippen LogP contribution in [0, 0.1) is 56.2 Å². The number of aliphatic carboxylic acids is 1. The number of unbranched alkanes of at least 4 members (excludes halogenated alkanes) is 2. The van der Waals surface area contributed by atoms with E-state index >= 15 is 0 Å². The van der Waals surface area contributed by atoms with E-state index in [1.54, 1.807) is 0 Å². The molecular weight excluding hydrogens is 640 g/mol. The fourth-order valence-electron chi connectivity index (χ4n) is 13.4. The van der Waals surface area contributed by atoms with Crippen molar-refractivity contribution >= 4 is 5.97 Å². The summed E-state index contributed by atoms with van der Waals surface area (Å²) < 4.78 is 11.9. The summed E-state index contributed by atoms with van der Waals surface area (Å²) >= 11 is 0. The molecule has 0 bridgehead atoms. The van der Waals surface area contributed by atoms with Crippen molar-refractivity contribution in [1.29, 1.82) is 0 Å². The van der Waals surface area contributed by atoms with Crippen molar-refractivity contribution < 1.29 is 50.0 Å². The molecule has 0 spiro atoms. The van der Waals surface area contributed by atoms with Crippen molar-refractivity contribution in [2.24, 2.45) is 56.2 Å². The summed E-state index contributed by atoms with van der Waals surface area (Å²) in [7, 11) is 0.